The second kappa shape index (κ2) is 6.74. The molecule has 1 saturated carbocycles. The predicted octanol–water partition coefficient (Wildman–Crippen LogP) is 1.78. The fourth-order valence-corrected chi connectivity index (χ4v) is 2.34. The van der Waals surface area contributed by atoms with Gasteiger partial charge in [-0.25, -0.2) is 0 Å². The monoisotopic (exact) mass is 321 g/mol. The molecule has 124 valence electrons. The first-order valence-corrected chi connectivity index (χ1v) is 7.33. The van der Waals surface area contributed by atoms with Gasteiger partial charge in [0.05, 0.1) is 17.2 Å². The van der Waals surface area contributed by atoms with Gasteiger partial charge in [-0.05, 0) is 32.3 Å². The SMILES string of the molecule is Cc1ccc([N+](=O)[O-])cc1NC(=O)CN(C1CC1)C(C)C(=O)O. The molecular formula is C15H19N3O5. The van der Waals surface area contributed by atoms with Crippen LogP contribution in [0.5, 0.6) is 0 Å². The van der Waals surface area contributed by atoms with E-state index in [1.54, 1.807) is 24.8 Å². The highest BCUT2D eigenvalue weighted by atomic mass is 16.6. The lowest BCUT2D eigenvalue weighted by Gasteiger charge is -2.25. The van der Waals surface area contributed by atoms with Gasteiger partial charge < -0.3 is 10.4 Å². The highest BCUT2D eigenvalue weighted by Gasteiger charge is 2.36. The Morgan fingerprint density at radius 1 is 1.48 bits per heavy atom. The third-order valence-electron chi connectivity index (χ3n) is 3.90. The molecular weight excluding hydrogens is 302 g/mol. The molecule has 2 N–H and O–H groups in total. The first-order valence-electron chi connectivity index (χ1n) is 7.33. The summed E-state index contributed by atoms with van der Waals surface area (Å²) in [7, 11) is 0. The van der Waals surface area contributed by atoms with E-state index in [1.807, 2.05) is 0 Å². The molecule has 8 nitrogen and oxygen atoms in total. The fraction of sp³-hybridized carbons (Fsp3) is 0.467. The van der Waals surface area contributed by atoms with Crippen LogP contribution in [-0.2, 0) is 9.59 Å². The Labute approximate surface area is 133 Å². The van der Waals surface area contributed by atoms with E-state index in [0.29, 0.717) is 11.3 Å². The Morgan fingerprint density at radius 3 is 2.65 bits per heavy atom. The number of anilines is 1. The van der Waals surface area contributed by atoms with E-state index < -0.39 is 16.9 Å². The normalized spacial score (nSPS) is 15.3. The van der Waals surface area contributed by atoms with Crippen LogP contribution in [0.2, 0.25) is 0 Å². The number of carbonyl (C=O) groups is 2. The summed E-state index contributed by atoms with van der Waals surface area (Å²) in [6.07, 6.45) is 1.75. The molecule has 0 aliphatic heterocycles. The third kappa shape index (κ3) is 4.26. The molecule has 0 heterocycles. The summed E-state index contributed by atoms with van der Waals surface area (Å²) in [6, 6.07) is 3.59. The van der Waals surface area contributed by atoms with Gasteiger partial charge in [0.2, 0.25) is 5.91 Å². The first kappa shape index (κ1) is 16.9. The van der Waals surface area contributed by atoms with Crippen molar-refractivity contribution in [3.05, 3.63) is 33.9 Å². The average Bonchev–Trinajstić information content (AvgIpc) is 3.30. The van der Waals surface area contributed by atoms with E-state index in [1.165, 1.54) is 12.1 Å². The van der Waals surface area contributed by atoms with Crippen molar-refractivity contribution >= 4 is 23.3 Å². The minimum atomic E-state index is -0.976. The molecule has 1 aromatic rings. The summed E-state index contributed by atoms with van der Waals surface area (Å²) >= 11 is 0. The Morgan fingerprint density at radius 2 is 2.13 bits per heavy atom. The van der Waals surface area contributed by atoms with Crippen molar-refractivity contribution in [2.75, 3.05) is 11.9 Å². The number of amides is 1. The van der Waals surface area contributed by atoms with Gasteiger partial charge in [-0.2, -0.15) is 0 Å². The molecule has 1 fully saturated rings. The number of hydrogen-bond acceptors (Lipinski definition) is 5. The highest BCUT2D eigenvalue weighted by Crippen LogP contribution is 2.29. The Hall–Kier alpha value is -2.48. The molecule has 1 unspecified atom stereocenters. The number of nitro groups is 1. The van der Waals surface area contributed by atoms with Crippen LogP contribution in [0.25, 0.3) is 0 Å². The standard InChI is InChI=1S/C15H19N3O5/c1-9-3-4-12(18(22)23)7-13(9)16-14(19)8-17(11-5-6-11)10(2)15(20)21/h3-4,7,10-11H,5-6,8H2,1-2H3,(H,16,19)(H,20,21). The van der Waals surface area contributed by atoms with Crippen LogP contribution >= 0.6 is 0 Å². The number of nitro benzene ring substituents is 1. The highest BCUT2D eigenvalue weighted by molar-refractivity contribution is 5.93. The van der Waals surface area contributed by atoms with E-state index >= 15 is 0 Å². The van der Waals surface area contributed by atoms with E-state index in [2.05, 4.69) is 5.32 Å². The quantitative estimate of drug-likeness (QED) is 0.584. The second-order valence-electron chi connectivity index (χ2n) is 5.72. The maximum absolute atomic E-state index is 12.2. The molecule has 23 heavy (non-hydrogen) atoms. The van der Waals surface area contributed by atoms with Gasteiger partial charge in [0.25, 0.3) is 5.69 Å². The predicted molar refractivity (Wildman–Crippen MR) is 83.3 cm³/mol. The minimum Gasteiger partial charge on any atom is -0.480 e. The lowest BCUT2D eigenvalue weighted by molar-refractivity contribution is -0.384. The van der Waals surface area contributed by atoms with Crippen molar-refractivity contribution < 1.29 is 19.6 Å². The summed E-state index contributed by atoms with van der Waals surface area (Å²) < 4.78 is 0. The summed E-state index contributed by atoms with van der Waals surface area (Å²) in [5, 5.41) is 22.6. The van der Waals surface area contributed by atoms with Gasteiger partial charge in [-0.15, -0.1) is 0 Å². The van der Waals surface area contributed by atoms with Gasteiger partial charge in [-0.3, -0.25) is 24.6 Å². The molecule has 8 heteroatoms. The molecule has 1 aromatic carbocycles. The third-order valence-corrected chi connectivity index (χ3v) is 3.90. The largest absolute Gasteiger partial charge is 0.480 e. The first-order chi connectivity index (χ1) is 10.8. The van der Waals surface area contributed by atoms with Crippen LogP contribution in [0.1, 0.15) is 25.3 Å². The van der Waals surface area contributed by atoms with Crippen LogP contribution in [0.4, 0.5) is 11.4 Å². The van der Waals surface area contributed by atoms with Gasteiger partial charge in [0, 0.05) is 18.2 Å². The molecule has 0 saturated heterocycles. The fourth-order valence-electron chi connectivity index (χ4n) is 2.34. The number of hydrogen-bond donors (Lipinski definition) is 2. The second-order valence-corrected chi connectivity index (χ2v) is 5.72. The zero-order chi connectivity index (χ0) is 17.1. The number of non-ortho nitro benzene ring substituents is 1. The zero-order valence-electron chi connectivity index (χ0n) is 13.0. The molecule has 1 atom stereocenters. The summed E-state index contributed by atoms with van der Waals surface area (Å²) in [5.74, 6) is -1.36. The molecule has 0 bridgehead atoms. The van der Waals surface area contributed by atoms with Crippen LogP contribution in [0, 0.1) is 17.0 Å². The lowest BCUT2D eigenvalue weighted by atomic mass is 10.2. The molecule has 1 aliphatic rings. The van der Waals surface area contributed by atoms with Crippen LogP contribution in [-0.4, -0.2) is 45.4 Å². The van der Waals surface area contributed by atoms with Crippen molar-refractivity contribution in [1.29, 1.82) is 0 Å². The van der Waals surface area contributed by atoms with Crippen molar-refractivity contribution in [3.8, 4) is 0 Å². The molecule has 0 aromatic heterocycles. The average molecular weight is 321 g/mol. The number of carboxylic acids is 1. The zero-order valence-corrected chi connectivity index (χ0v) is 13.0. The van der Waals surface area contributed by atoms with Gasteiger partial charge >= 0.3 is 5.97 Å². The van der Waals surface area contributed by atoms with Crippen LogP contribution < -0.4 is 5.32 Å². The molecule has 1 aliphatic carbocycles. The smallest absolute Gasteiger partial charge is 0.320 e. The van der Waals surface area contributed by atoms with Crippen LogP contribution in [0.15, 0.2) is 18.2 Å². The minimum absolute atomic E-state index is 0.0553. The molecule has 1 amide bonds. The number of carbonyl (C=O) groups excluding carboxylic acids is 1. The number of benzene rings is 1. The molecule has 0 radical (unpaired) electrons. The van der Waals surface area contributed by atoms with Crippen LogP contribution in [0.3, 0.4) is 0 Å². The Balaban J connectivity index is 2.08. The van der Waals surface area contributed by atoms with Gasteiger partial charge in [-0.1, -0.05) is 6.07 Å². The Kier molecular flexibility index (Phi) is 4.95. The van der Waals surface area contributed by atoms with Crippen molar-refractivity contribution in [3.63, 3.8) is 0 Å². The molecule has 0 spiro atoms. The van der Waals surface area contributed by atoms with E-state index in [9.17, 15) is 19.7 Å². The van der Waals surface area contributed by atoms with Crippen molar-refractivity contribution in [2.24, 2.45) is 0 Å². The maximum atomic E-state index is 12.2. The maximum Gasteiger partial charge on any atom is 0.320 e. The number of nitrogens with zero attached hydrogens (tertiary/aromatic N) is 2. The van der Waals surface area contributed by atoms with Gasteiger partial charge in [0.15, 0.2) is 0 Å². The number of rotatable bonds is 7. The number of aryl methyl sites for hydroxylation is 1. The summed E-state index contributed by atoms with van der Waals surface area (Å²) in [5.41, 5.74) is 0.958. The number of carboxylic acid groups (broad SMARTS) is 1. The van der Waals surface area contributed by atoms with E-state index in [-0.39, 0.29) is 24.2 Å². The number of aliphatic carboxylic acids is 1. The lowest BCUT2D eigenvalue weighted by Crippen LogP contribution is -2.44. The van der Waals surface area contributed by atoms with Crippen molar-refractivity contribution in [1.82, 2.24) is 4.90 Å². The van der Waals surface area contributed by atoms with Gasteiger partial charge in [0.1, 0.15) is 6.04 Å². The van der Waals surface area contributed by atoms with Crippen molar-refractivity contribution in [2.45, 2.75) is 38.8 Å². The summed E-state index contributed by atoms with van der Waals surface area (Å²) in [4.78, 5) is 35.3. The summed E-state index contributed by atoms with van der Waals surface area (Å²) in [6.45, 7) is 3.23. The van der Waals surface area contributed by atoms with E-state index in [4.69, 9.17) is 5.11 Å². The van der Waals surface area contributed by atoms with E-state index in [0.717, 1.165) is 12.8 Å². The molecule has 2 rings (SSSR count). The topological polar surface area (TPSA) is 113 Å². The number of nitrogens with one attached hydrogen (secondary N) is 1. The Bertz CT molecular complexity index is 642.